The van der Waals surface area contributed by atoms with Crippen LogP contribution in [0.2, 0.25) is 0 Å². The highest BCUT2D eigenvalue weighted by Gasteiger charge is 2.28. The second kappa shape index (κ2) is 6.37. The molecule has 0 atom stereocenters. The quantitative estimate of drug-likeness (QED) is 0.766. The molecule has 0 saturated carbocycles. The molecule has 0 radical (unpaired) electrons. The van der Waals surface area contributed by atoms with Crippen LogP contribution in [0.5, 0.6) is 0 Å². The molecule has 20 heavy (non-hydrogen) atoms. The van der Waals surface area contributed by atoms with E-state index in [0.717, 1.165) is 43.5 Å². The Labute approximate surface area is 120 Å². The molecule has 0 bridgehead atoms. The molecule has 4 heteroatoms. The molecule has 1 aliphatic heterocycles. The Balaban J connectivity index is 2.25. The Hall–Kier alpha value is -1.39. The molecule has 3 N–H and O–H groups in total. The van der Waals surface area contributed by atoms with E-state index in [9.17, 15) is 9.90 Å². The van der Waals surface area contributed by atoms with Crippen LogP contribution < -0.4 is 10.6 Å². The summed E-state index contributed by atoms with van der Waals surface area (Å²) in [5, 5.41) is 15.9. The van der Waals surface area contributed by atoms with Crippen molar-refractivity contribution in [1.29, 1.82) is 0 Å². The molecular formula is C16H24N2O2. The number of benzene rings is 1. The van der Waals surface area contributed by atoms with Gasteiger partial charge in [-0.15, -0.1) is 0 Å². The van der Waals surface area contributed by atoms with E-state index in [1.807, 2.05) is 26.0 Å². The Morgan fingerprint density at radius 1 is 1.40 bits per heavy atom. The van der Waals surface area contributed by atoms with Gasteiger partial charge >= 0.3 is 0 Å². The minimum atomic E-state index is -0.507. The van der Waals surface area contributed by atoms with Crippen molar-refractivity contribution in [2.45, 2.75) is 45.2 Å². The number of carbonyl (C=O) groups is 1. The molecule has 0 fully saturated rings. The number of hydrogen-bond acceptors (Lipinski definition) is 3. The van der Waals surface area contributed by atoms with Gasteiger partial charge in [-0.1, -0.05) is 26.0 Å². The van der Waals surface area contributed by atoms with Crippen molar-refractivity contribution in [2.75, 3.05) is 13.2 Å². The third kappa shape index (κ3) is 2.86. The normalized spacial score (nSPS) is 14.8. The van der Waals surface area contributed by atoms with Crippen molar-refractivity contribution in [1.82, 2.24) is 10.6 Å². The van der Waals surface area contributed by atoms with Crippen molar-refractivity contribution < 1.29 is 9.90 Å². The molecule has 4 nitrogen and oxygen atoms in total. The van der Waals surface area contributed by atoms with E-state index in [2.05, 4.69) is 16.7 Å². The summed E-state index contributed by atoms with van der Waals surface area (Å²) in [7, 11) is 0. The molecule has 0 spiro atoms. The summed E-state index contributed by atoms with van der Waals surface area (Å²) >= 11 is 0. The van der Waals surface area contributed by atoms with E-state index in [-0.39, 0.29) is 12.5 Å². The fraction of sp³-hybridized carbons (Fsp3) is 0.562. The Bertz CT molecular complexity index is 473. The van der Waals surface area contributed by atoms with Crippen LogP contribution in [0.15, 0.2) is 18.2 Å². The van der Waals surface area contributed by atoms with Gasteiger partial charge in [0, 0.05) is 12.1 Å². The van der Waals surface area contributed by atoms with Gasteiger partial charge < -0.3 is 15.7 Å². The van der Waals surface area contributed by atoms with E-state index >= 15 is 0 Å². The number of nitrogens with one attached hydrogen (secondary N) is 2. The first-order chi connectivity index (χ1) is 9.65. The first-order valence-corrected chi connectivity index (χ1v) is 7.40. The summed E-state index contributed by atoms with van der Waals surface area (Å²) < 4.78 is 0. The Kier molecular flexibility index (Phi) is 4.78. The van der Waals surface area contributed by atoms with Gasteiger partial charge in [-0.3, -0.25) is 4.79 Å². The first kappa shape index (κ1) is 15.0. The molecule has 0 aliphatic carbocycles. The van der Waals surface area contributed by atoms with Crippen molar-refractivity contribution in [3.8, 4) is 0 Å². The fourth-order valence-electron chi connectivity index (χ4n) is 2.74. The fourth-order valence-corrected chi connectivity index (χ4v) is 2.74. The minimum Gasteiger partial charge on any atom is -0.394 e. The average molecular weight is 276 g/mol. The molecule has 1 amide bonds. The summed E-state index contributed by atoms with van der Waals surface area (Å²) in [6, 6.07) is 5.88. The van der Waals surface area contributed by atoms with Crippen LogP contribution in [0.1, 0.15) is 48.2 Å². The van der Waals surface area contributed by atoms with E-state index in [1.54, 1.807) is 0 Å². The SMILES string of the molecule is CCC(CC)(CO)NC(=O)c1cccc2c1CCNC2. The highest BCUT2D eigenvalue weighted by atomic mass is 16.3. The average Bonchev–Trinajstić information content (AvgIpc) is 2.52. The zero-order valence-electron chi connectivity index (χ0n) is 12.3. The van der Waals surface area contributed by atoms with Crippen LogP contribution in [0.25, 0.3) is 0 Å². The van der Waals surface area contributed by atoms with Crippen LogP contribution in [-0.2, 0) is 13.0 Å². The molecule has 1 aromatic rings. The van der Waals surface area contributed by atoms with Crippen LogP contribution in [-0.4, -0.2) is 29.7 Å². The summed E-state index contributed by atoms with van der Waals surface area (Å²) in [6.07, 6.45) is 2.33. The third-order valence-corrected chi connectivity index (χ3v) is 4.42. The second-order valence-corrected chi connectivity index (χ2v) is 5.47. The smallest absolute Gasteiger partial charge is 0.252 e. The highest BCUT2D eigenvalue weighted by molar-refractivity contribution is 5.96. The maximum atomic E-state index is 12.6. The number of carbonyl (C=O) groups excluding carboxylic acids is 1. The van der Waals surface area contributed by atoms with Gasteiger partial charge in [0.1, 0.15) is 0 Å². The number of rotatable bonds is 5. The van der Waals surface area contributed by atoms with E-state index in [4.69, 9.17) is 0 Å². The maximum absolute atomic E-state index is 12.6. The maximum Gasteiger partial charge on any atom is 0.252 e. The van der Waals surface area contributed by atoms with E-state index in [0.29, 0.717) is 0 Å². The second-order valence-electron chi connectivity index (χ2n) is 5.47. The molecule has 1 heterocycles. The molecule has 0 aromatic heterocycles. The topological polar surface area (TPSA) is 61.4 Å². The molecule has 0 unspecified atom stereocenters. The summed E-state index contributed by atoms with van der Waals surface area (Å²) in [5.74, 6) is -0.0681. The predicted octanol–water partition coefficient (Wildman–Crippen LogP) is 1.61. The largest absolute Gasteiger partial charge is 0.394 e. The molecule has 2 rings (SSSR count). The third-order valence-electron chi connectivity index (χ3n) is 4.42. The minimum absolute atomic E-state index is 0.0255. The van der Waals surface area contributed by atoms with Crippen LogP contribution >= 0.6 is 0 Å². The van der Waals surface area contributed by atoms with Crippen LogP contribution in [0.4, 0.5) is 0 Å². The lowest BCUT2D eigenvalue weighted by molar-refractivity contribution is 0.0816. The highest BCUT2D eigenvalue weighted by Crippen LogP contribution is 2.21. The molecule has 0 saturated heterocycles. The lowest BCUT2D eigenvalue weighted by Gasteiger charge is -2.31. The van der Waals surface area contributed by atoms with Gasteiger partial charge in [0.15, 0.2) is 0 Å². The van der Waals surface area contributed by atoms with Gasteiger partial charge in [0.05, 0.1) is 12.1 Å². The standard InChI is InChI=1S/C16H24N2O2/c1-3-16(4-2,11-19)18-15(20)14-7-5-6-12-10-17-9-8-13(12)14/h5-7,17,19H,3-4,8-11H2,1-2H3,(H,18,20). The lowest BCUT2D eigenvalue weighted by Crippen LogP contribution is -2.50. The number of fused-ring (bicyclic) bond motifs is 1. The number of amides is 1. The van der Waals surface area contributed by atoms with Crippen LogP contribution in [0.3, 0.4) is 0 Å². The van der Waals surface area contributed by atoms with Gasteiger partial charge in [0.2, 0.25) is 0 Å². The van der Waals surface area contributed by atoms with Crippen LogP contribution in [0, 0.1) is 0 Å². The molecule has 1 aromatic carbocycles. The van der Waals surface area contributed by atoms with Crippen molar-refractivity contribution in [3.63, 3.8) is 0 Å². The van der Waals surface area contributed by atoms with Gasteiger partial charge in [-0.05, 0) is 43.0 Å². The molecule has 110 valence electrons. The number of aliphatic hydroxyl groups excluding tert-OH is 1. The van der Waals surface area contributed by atoms with E-state index < -0.39 is 5.54 Å². The summed E-state index contributed by atoms with van der Waals surface area (Å²) in [6.45, 7) is 5.68. The van der Waals surface area contributed by atoms with E-state index in [1.165, 1.54) is 5.56 Å². The summed E-state index contributed by atoms with van der Waals surface area (Å²) in [4.78, 5) is 12.6. The van der Waals surface area contributed by atoms with Crippen molar-refractivity contribution in [2.24, 2.45) is 0 Å². The first-order valence-electron chi connectivity index (χ1n) is 7.40. The number of hydrogen-bond donors (Lipinski definition) is 3. The zero-order valence-corrected chi connectivity index (χ0v) is 12.3. The van der Waals surface area contributed by atoms with Crippen molar-refractivity contribution in [3.05, 3.63) is 34.9 Å². The van der Waals surface area contributed by atoms with Gasteiger partial charge in [-0.25, -0.2) is 0 Å². The Morgan fingerprint density at radius 2 is 2.15 bits per heavy atom. The lowest BCUT2D eigenvalue weighted by atomic mass is 9.91. The Morgan fingerprint density at radius 3 is 2.80 bits per heavy atom. The predicted molar refractivity (Wildman–Crippen MR) is 79.7 cm³/mol. The molecule has 1 aliphatic rings. The van der Waals surface area contributed by atoms with Gasteiger partial charge in [-0.2, -0.15) is 0 Å². The zero-order chi connectivity index (χ0) is 14.6. The summed E-state index contributed by atoms with van der Waals surface area (Å²) in [5.41, 5.74) is 2.59. The molecular weight excluding hydrogens is 252 g/mol. The monoisotopic (exact) mass is 276 g/mol. The number of aliphatic hydroxyl groups is 1. The van der Waals surface area contributed by atoms with Gasteiger partial charge in [0.25, 0.3) is 5.91 Å². The van der Waals surface area contributed by atoms with Crippen molar-refractivity contribution >= 4 is 5.91 Å².